The summed E-state index contributed by atoms with van der Waals surface area (Å²) < 4.78 is 5.58. The second kappa shape index (κ2) is 6.34. The zero-order valence-electron chi connectivity index (χ0n) is 9.94. The Morgan fingerprint density at radius 3 is 3.18 bits per heavy atom. The molecule has 0 amide bonds. The topological polar surface area (TPSA) is 48.1 Å². The van der Waals surface area contributed by atoms with Crippen LogP contribution in [0.15, 0.2) is 18.3 Å². The lowest BCUT2D eigenvalue weighted by atomic mass is 10.0. The summed E-state index contributed by atoms with van der Waals surface area (Å²) >= 11 is 6.06. The maximum atomic E-state index is 6.09. The van der Waals surface area contributed by atoms with Gasteiger partial charge in [-0.1, -0.05) is 11.6 Å². The van der Waals surface area contributed by atoms with Gasteiger partial charge in [-0.2, -0.15) is 0 Å². The first-order valence-corrected chi connectivity index (χ1v) is 6.63. The van der Waals surface area contributed by atoms with Gasteiger partial charge in [0.05, 0.1) is 16.8 Å². The van der Waals surface area contributed by atoms with Crippen LogP contribution in [0.5, 0.6) is 0 Å². The summed E-state index contributed by atoms with van der Waals surface area (Å²) in [5, 5.41) is 0.664. The van der Waals surface area contributed by atoms with E-state index in [2.05, 4.69) is 4.98 Å². The van der Waals surface area contributed by atoms with Crippen molar-refractivity contribution in [1.29, 1.82) is 0 Å². The van der Waals surface area contributed by atoms with Crippen LogP contribution in [0.3, 0.4) is 0 Å². The molecule has 17 heavy (non-hydrogen) atoms. The summed E-state index contributed by atoms with van der Waals surface area (Å²) in [6, 6.07) is 3.60. The molecular formula is C13H19ClN2O. The van der Waals surface area contributed by atoms with Gasteiger partial charge in [0, 0.05) is 18.8 Å². The third kappa shape index (κ3) is 3.66. The molecule has 0 aliphatic carbocycles. The van der Waals surface area contributed by atoms with Crippen molar-refractivity contribution < 1.29 is 4.74 Å². The number of pyridine rings is 1. The molecule has 2 atom stereocenters. The molecule has 1 aromatic rings. The number of ether oxygens (including phenoxy) is 1. The Bertz CT molecular complexity index is 353. The van der Waals surface area contributed by atoms with Crippen molar-refractivity contribution >= 4 is 11.6 Å². The van der Waals surface area contributed by atoms with Crippen molar-refractivity contribution in [3.63, 3.8) is 0 Å². The number of nitrogens with zero attached hydrogens (tertiary/aromatic N) is 1. The van der Waals surface area contributed by atoms with Crippen molar-refractivity contribution in [2.75, 3.05) is 6.61 Å². The Morgan fingerprint density at radius 1 is 1.59 bits per heavy atom. The zero-order chi connectivity index (χ0) is 12.1. The Kier molecular flexibility index (Phi) is 4.77. The number of halogens is 1. The molecule has 0 bridgehead atoms. The second-order valence-corrected chi connectivity index (χ2v) is 4.95. The fourth-order valence-electron chi connectivity index (χ4n) is 2.24. The van der Waals surface area contributed by atoms with Gasteiger partial charge in [0.1, 0.15) is 0 Å². The van der Waals surface area contributed by atoms with E-state index in [1.165, 1.54) is 12.8 Å². The Hall–Kier alpha value is -0.640. The van der Waals surface area contributed by atoms with Gasteiger partial charge in [-0.25, -0.2) is 0 Å². The largest absolute Gasteiger partial charge is 0.378 e. The molecule has 0 radical (unpaired) electrons. The van der Waals surface area contributed by atoms with E-state index in [0.717, 1.165) is 31.6 Å². The predicted molar refractivity (Wildman–Crippen MR) is 69.0 cm³/mol. The molecule has 1 aromatic heterocycles. The molecule has 1 aliphatic rings. The van der Waals surface area contributed by atoms with Crippen molar-refractivity contribution in [2.24, 2.45) is 5.73 Å². The predicted octanol–water partition coefficient (Wildman–Crippen LogP) is 3.08. The summed E-state index contributed by atoms with van der Waals surface area (Å²) in [6.45, 7) is 0.919. The van der Waals surface area contributed by atoms with Crippen LogP contribution in [0, 0.1) is 0 Å². The third-order valence-electron chi connectivity index (χ3n) is 3.20. The molecule has 0 saturated carbocycles. The number of hydrogen-bond acceptors (Lipinski definition) is 3. The highest BCUT2D eigenvalue weighted by molar-refractivity contribution is 6.31. The lowest BCUT2D eigenvalue weighted by molar-refractivity contribution is 0.101. The van der Waals surface area contributed by atoms with Crippen LogP contribution in [0.25, 0.3) is 0 Å². The summed E-state index contributed by atoms with van der Waals surface area (Å²) in [5.74, 6) is 0. The third-order valence-corrected chi connectivity index (χ3v) is 3.52. The fourth-order valence-corrected chi connectivity index (χ4v) is 2.51. The Balaban J connectivity index is 1.77. The summed E-state index contributed by atoms with van der Waals surface area (Å²) in [7, 11) is 0. The number of nitrogens with two attached hydrogens (primary N) is 1. The number of aromatic nitrogens is 1. The number of hydrogen-bond donors (Lipinski definition) is 1. The first-order valence-electron chi connectivity index (χ1n) is 6.25. The molecule has 2 N–H and O–H groups in total. The molecule has 1 saturated heterocycles. The van der Waals surface area contributed by atoms with Crippen LogP contribution in [-0.2, 0) is 4.74 Å². The standard InChI is InChI=1S/C13H19ClN2O/c14-11-6-2-8-16-13(11)12(15)7-1-4-10-5-3-9-17-10/h2,6,8,10,12H,1,3-5,7,9,15H2. The maximum Gasteiger partial charge on any atom is 0.0756 e. The van der Waals surface area contributed by atoms with Gasteiger partial charge in [-0.05, 0) is 44.2 Å². The minimum atomic E-state index is -0.0647. The average molecular weight is 255 g/mol. The van der Waals surface area contributed by atoms with E-state index in [-0.39, 0.29) is 6.04 Å². The van der Waals surface area contributed by atoms with Gasteiger partial charge in [0.25, 0.3) is 0 Å². The van der Waals surface area contributed by atoms with Crippen molar-refractivity contribution in [3.05, 3.63) is 29.0 Å². The maximum absolute atomic E-state index is 6.09. The van der Waals surface area contributed by atoms with Crippen molar-refractivity contribution in [2.45, 2.75) is 44.2 Å². The zero-order valence-corrected chi connectivity index (χ0v) is 10.7. The van der Waals surface area contributed by atoms with Crippen molar-refractivity contribution in [3.8, 4) is 0 Å². The van der Waals surface area contributed by atoms with Gasteiger partial charge < -0.3 is 10.5 Å². The second-order valence-electron chi connectivity index (χ2n) is 4.54. The van der Waals surface area contributed by atoms with E-state index in [4.69, 9.17) is 22.1 Å². The molecule has 2 heterocycles. The van der Waals surface area contributed by atoms with Crippen LogP contribution < -0.4 is 5.73 Å². The summed E-state index contributed by atoms with van der Waals surface area (Å²) in [6.07, 6.45) is 7.65. The first kappa shape index (κ1) is 12.8. The minimum Gasteiger partial charge on any atom is -0.378 e. The molecule has 0 spiro atoms. The average Bonchev–Trinajstić information content (AvgIpc) is 2.82. The van der Waals surface area contributed by atoms with Crippen molar-refractivity contribution in [1.82, 2.24) is 4.98 Å². The first-order chi connectivity index (χ1) is 8.27. The molecule has 3 nitrogen and oxygen atoms in total. The quantitative estimate of drug-likeness (QED) is 0.879. The Morgan fingerprint density at radius 2 is 2.47 bits per heavy atom. The van der Waals surface area contributed by atoms with Gasteiger partial charge >= 0.3 is 0 Å². The molecular weight excluding hydrogens is 236 g/mol. The van der Waals surface area contributed by atoms with Gasteiger partial charge in [0.15, 0.2) is 0 Å². The minimum absolute atomic E-state index is 0.0647. The smallest absolute Gasteiger partial charge is 0.0756 e. The lowest BCUT2D eigenvalue weighted by Gasteiger charge is -2.14. The highest BCUT2D eigenvalue weighted by Crippen LogP contribution is 2.24. The van der Waals surface area contributed by atoms with Crippen LogP contribution in [0.2, 0.25) is 5.02 Å². The van der Waals surface area contributed by atoms with Gasteiger partial charge in [-0.3, -0.25) is 4.98 Å². The van der Waals surface area contributed by atoms with E-state index >= 15 is 0 Å². The molecule has 2 rings (SSSR count). The van der Waals surface area contributed by atoms with E-state index < -0.39 is 0 Å². The lowest BCUT2D eigenvalue weighted by Crippen LogP contribution is -2.14. The van der Waals surface area contributed by atoms with Crippen LogP contribution in [-0.4, -0.2) is 17.7 Å². The molecule has 94 valence electrons. The fraction of sp³-hybridized carbons (Fsp3) is 0.615. The van der Waals surface area contributed by atoms with E-state index in [0.29, 0.717) is 11.1 Å². The highest BCUT2D eigenvalue weighted by Gasteiger charge is 2.16. The molecule has 1 aliphatic heterocycles. The van der Waals surface area contributed by atoms with Gasteiger partial charge in [0.2, 0.25) is 0 Å². The summed E-state index contributed by atoms with van der Waals surface area (Å²) in [5.41, 5.74) is 6.90. The monoisotopic (exact) mass is 254 g/mol. The SMILES string of the molecule is NC(CCCC1CCCO1)c1ncccc1Cl. The van der Waals surface area contributed by atoms with Crippen LogP contribution in [0.4, 0.5) is 0 Å². The normalized spacial score (nSPS) is 21.6. The van der Waals surface area contributed by atoms with Crippen LogP contribution >= 0.6 is 11.6 Å². The molecule has 0 aromatic carbocycles. The van der Waals surface area contributed by atoms with E-state index in [1.807, 2.05) is 12.1 Å². The Labute approximate surface area is 107 Å². The van der Waals surface area contributed by atoms with E-state index in [9.17, 15) is 0 Å². The molecule has 2 unspecified atom stereocenters. The molecule has 4 heteroatoms. The van der Waals surface area contributed by atoms with Crippen LogP contribution in [0.1, 0.15) is 43.8 Å². The molecule has 1 fully saturated rings. The van der Waals surface area contributed by atoms with Gasteiger partial charge in [-0.15, -0.1) is 0 Å². The number of rotatable bonds is 5. The highest BCUT2D eigenvalue weighted by atomic mass is 35.5. The summed E-state index contributed by atoms with van der Waals surface area (Å²) in [4.78, 5) is 4.24. The van der Waals surface area contributed by atoms with E-state index in [1.54, 1.807) is 6.20 Å².